The van der Waals surface area contributed by atoms with Crippen molar-refractivity contribution >= 4 is 35.2 Å². The summed E-state index contributed by atoms with van der Waals surface area (Å²) in [5, 5.41) is 5.56. The molecule has 0 radical (unpaired) electrons. The number of thioether (sulfide) groups is 1. The molecule has 0 aromatic heterocycles. The number of amides is 3. The van der Waals surface area contributed by atoms with E-state index in [-0.39, 0.29) is 23.3 Å². The van der Waals surface area contributed by atoms with E-state index in [1.165, 1.54) is 6.08 Å². The van der Waals surface area contributed by atoms with E-state index in [9.17, 15) is 14.4 Å². The molecular formula is C18H23N3O3S. The molecule has 7 heteroatoms. The van der Waals surface area contributed by atoms with Crippen LogP contribution >= 0.6 is 11.8 Å². The van der Waals surface area contributed by atoms with Crippen molar-refractivity contribution in [3.05, 3.63) is 42.5 Å². The Morgan fingerprint density at radius 2 is 2.04 bits per heavy atom. The Morgan fingerprint density at radius 1 is 1.32 bits per heavy atom. The van der Waals surface area contributed by atoms with Crippen LogP contribution in [0.4, 0.5) is 5.69 Å². The van der Waals surface area contributed by atoms with Gasteiger partial charge in [0.1, 0.15) is 6.04 Å². The minimum absolute atomic E-state index is 0.151. The maximum absolute atomic E-state index is 12.8. The highest BCUT2D eigenvalue weighted by Crippen LogP contribution is 2.24. The predicted molar refractivity (Wildman–Crippen MR) is 100 cm³/mol. The molecule has 1 atom stereocenters. The number of hydrogen-bond acceptors (Lipinski definition) is 4. The van der Waals surface area contributed by atoms with Crippen molar-refractivity contribution in [2.75, 3.05) is 16.9 Å². The molecule has 0 aliphatic carbocycles. The zero-order chi connectivity index (χ0) is 18.6. The van der Waals surface area contributed by atoms with E-state index in [1.807, 2.05) is 20.8 Å². The Labute approximate surface area is 152 Å². The van der Waals surface area contributed by atoms with Crippen LogP contribution in [0.5, 0.6) is 0 Å². The predicted octanol–water partition coefficient (Wildman–Crippen LogP) is 2.24. The van der Waals surface area contributed by atoms with Gasteiger partial charge in [-0.1, -0.05) is 12.6 Å². The average Bonchev–Trinajstić information content (AvgIpc) is 3.02. The van der Waals surface area contributed by atoms with Gasteiger partial charge in [-0.05, 0) is 45.0 Å². The molecule has 2 N–H and O–H groups in total. The fraction of sp³-hybridized carbons (Fsp3) is 0.389. The van der Waals surface area contributed by atoms with Gasteiger partial charge < -0.3 is 15.5 Å². The summed E-state index contributed by atoms with van der Waals surface area (Å²) >= 11 is 1.55. The fourth-order valence-electron chi connectivity index (χ4n) is 2.40. The van der Waals surface area contributed by atoms with Crippen LogP contribution in [0.25, 0.3) is 0 Å². The Balaban J connectivity index is 2.16. The average molecular weight is 361 g/mol. The molecule has 1 heterocycles. The van der Waals surface area contributed by atoms with Crippen LogP contribution in [0.3, 0.4) is 0 Å². The molecule has 1 aliphatic heterocycles. The smallest absolute Gasteiger partial charge is 0.255 e. The second-order valence-corrected chi connectivity index (χ2v) is 7.80. The summed E-state index contributed by atoms with van der Waals surface area (Å²) in [4.78, 5) is 38.3. The monoisotopic (exact) mass is 361 g/mol. The standard InChI is InChI=1S/C18H23N3O3S/c1-5-15(22)19-13-8-6-7-12(9-13)17(24)21-11-25-10-14(21)16(23)20-18(2,3)4/h5-9,14H,1,10-11H2,2-4H3,(H,19,22)(H,20,23). The minimum Gasteiger partial charge on any atom is -0.350 e. The number of anilines is 1. The number of carbonyl (C=O) groups is 3. The SMILES string of the molecule is C=CC(=O)Nc1cccc(C(=O)N2CSCC2C(=O)NC(C)(C)C)c1. The highest BCUT2D eigenvalue weighted by Gasteiger charge is 2.36. The molecule has 1 saturated heterocycles. The zero-order valence-electron chi connectivity index (χ0n) is 14.7. The molecule has 25 heavy (non-hydrogen) atoms. The van der Waals surface area contributed by atoms with E-state index in [1.54, 1.807) is 40.9 Å². The molecular weight excluding hydrogens is 338 g/mol. The third-order valence-electron chi connectivity index (χ3n) is 3.51. The molecule has 0 spiro atoms. The summed E-state index contributed by atoms with van der Waals surface area (Å²) in [6.07, 6.45) is 1.17. The molecule has 1 aromatic carbocycles. The van der Waals surface area contributed by atoms with Gasteiger partial charge in [-0.15, -0.1) is 11.8 Å². The fourth-order valence-corrected chi connectivity index (χ4v) is 3.56. The highest BCUT2D eigenvalue weighted by molar-refractivity contribution is 7.99. The van der Waals surface area contributed by atoms with Crippen molar-refractivity contribution in [3.63, 3.8) is 0 Å². The molecule has 3 amide bonds. The Morgan fingerprint density at radius 3 is 2.68 bits per heavy atom. The van der Waals surface area contributed by atoms with E-state index in [4.69, 9.17) is 0 Å². The lowest BCUT2D eigenvalue weighted by Gasteiger charge is -2.27. The topological polar surface area (TPSA) is 78.5 Å². The van der Waals surface area contributed by atoms with Crippen LogP contribution in [0.2, 0.25) is 0 Å². The lowest BCUT2D eigenvalue weighted by Crippen LogP contribution is -2.52. The number of rotatable bonds is 4. The maximum Gasteiger partial charge on any atom is 0.255 e. The summed E-state index contributed by atoms with van der Waals surface area (Å²) in [6.45, 7) is 9.12. The van der Waals surface area contributed by atoms with Crippen LogP contribution in [0.15, 0.2) is 36.9 Å². The molecule has 2 rings (SSSR count). The van der Waals surface area contributed by atoms with Crippen LogP contribution in [-0.2, 0) is 9.59 Å². The van der Waals surface area contributed by atoms with Crippen LogP contribution in [0, 0.1) is 0 Å². The summed E-state index contributed by atoms with van der Waals surface area (Å²) in [6, 6.07) is 6.17. The lowest BCUT2D eigenvalue weighted by molar-refractivity contribution is -0.125. The van der Waals surface area contributed by atoms with Gasteiger partial charge in [-0.3, -0.25) is 14.4 Å². The Bertz CT molecular complexity index is 697. The number of benzene rings is 1. The first-order valence-corrected chi connectivity index (χ1v) is 9.11. The molecule has 134 valence electrons. The summed E-state index contributed by atoms with van der Waals surface area (Å²) in [5.74, 6) is 0.310. The van der Waals surface area contributed by atoms with E-state index < -0.39 is 6.04 Å². The van der Waals surface area contributed by atoms with Gasteiger partial charge in [0, 0.05) is 22.5 Å². The van der Waals surface area contributed by atoms with Crippen molar-refractivity contribution in [2.45, 2.75) is 32.4 Å². The normalized spacial score (nSPS) is 17.1. The van der Waals surface area contributed by atoms with E-state index in [0.717, 1.165) is 0 Å². The lowest BCUT2D eigenvalue weighted by atomic mass is 10.1. The Hall–Kier alpha value is -2.28. The highest BCUT2D eigenvalue weighted by atomic mass is 32.2. The van der Waals surface area contributed by atoms with Gasteiger partial charge in [-0.2, -0.15) is 0 Å². The quantitative estimate of drug-likeness (QED) is 0.806. The molecule has 1 aromatic rings. The molecule has 1 fully saturated rings. The first-order valence-electron chi connectivity index (χ1n) is 7.95. The third-order valence-corrected chi connectivity index (χ3v) is 4.52. The first kappa shape index (κ1) is 19.1. The molecule has 1 aliphatic rings. The second-order valence-electron chi connectivity index (χ2n) is 6.80. The summed E-state index contributed by atoms with van der Waals surface area (Å²) < 4.78 is 0. The van der Waals surface area contributed by atoms with Crippen LogP contribution in [-0.4, -0.2) is 45.8 Å². The van der Waals surface area contributed by atoms with Gasteiger partial charge >= 0.3 is 0 Å². The maximum atomic E-state index is 12.8. The van der Waals surface area contributed by atoms with Crippen molar-refractivity contribution in [1.29, 1.82) is 0 Å². The molecule has 0 saturated carbocycles. The van der Waals surface area contributed by atoms with E-state index >= 15 is 0 Å². The number of carbonyl (C=O) groups excluding carboxylic acids is 3. The first-order chi connectivity index (χ1) is 11.7. The number of nitrogens with zero attached hydrogens (tertiary/aromatic N) is 1. The summed E-state index contributed by atoms with van der Waals surface area (Å²) in [5.41, 5.74) is 0.588. The minimum atomic E-state index is -0.497. The van der Waals surface area contributed by atoms with Gasteiger partial charge in [-0.25, -0.2) is 0 Å². The zero-order valence-corrected chi connectivity index (χ0v) is 15.5. The van der Waals surface area contributed by atoms with Gasteiger partial charge in [0.05, 0.1) is 5.88 Å². The Kier molecular flexibility index (Phi) is 5.89. The molecule has 0 bridgehead atoms. The van der Waals surface area contributed by atoms with Crippen molar-refractivity contribution in [3.8, 4) is 0 Å². The van der Waals surface area contributed by atoms with E-state index in [2.05, 4.69) is 17.2 Å². The number of nitrogens with one attached hydrogen (secondary N) is 2. The van der Waals surface area contributed by atoms with Crippen molar-refractivity contribution < 1.29 is 14.4 Å². The molecule has 6 nitrogen and oxygen atoms in total. The third kappa shape index (κ3) is 5.09. The van der Waals surface area contributed by atoms with Crippen LogP contribution in [0.1, 0.15) is 31.1 Å². The van der Waals surface area contributed by atoms with Gasteiger partial charge in [0.25, 0.3) is 5.91 Å². The van der Waals surface area contributed by atoms with E-state index in [0.29, 0.717) is 22.9 Å². The van der Waals surface area contributed by atoms with Gasteiger partial charge in [0.2, 0.25) is 11.8 Å². The second kappa shape index (κ2) is 7.74. The van der Waals surface area contributed by atoms with Crippen molar-refractivity contribution in [1.82, 2.24) is 10.2 Å². The van der Waals surface area contributed by atoms with Crippen LogP contribution < -0.4 is 10.6 Å². The number of hydrogen-bond donors (Lipinski definition) is 2. The summed E-state index contributed by atoms with van der Waals surface area (Å²) in [7, 11) is 0. The molecule has 1 unspecified atom stereocenters. The van der Waals surface area contributed by atoms with Gasteiger partial charge in [0.15, 0.2) is 0 Å². The largest absolute Gasteiger partial charge is 0.350 e. The van der Waals surface area contributed by atoms with Crippen molar-refractivity contribution in [2.24, 2.45) is 0 Å².